The molecule has 4 atom stereocenters. The van der Waals surface area contributed by atoms with Crippen molar-refractivity contribution in [3.63, 3.8) is 0 Å². The number of nitrogens with zero attached hydrogens (tertiary/aromatic N) is 6. The van der Waals surface area contributed by atoms with Crippen LogP contribution in [-0.4, -0.2) is 125 Å². The van der Waals surface area contributed by atoms with Crippen molar-refractivity contribution in [2.75, 3.05) is 75.2 Å². The Balaban J connectivity index is 0.794. The van der Waals surface area contributed by atoms with Crippen LogP contribution in [0.5, 0.6) is 5.75 Å². The number of aryl methyl sites for hydroxylation is 1. The van der Waals surface area contributed by atoms with E-state index in [0.29, 0.717) is 45.6 Å². The number of aliphatic hydroxyl groups is 1. The van der Waals surface area contributed by atoms with Gasteiger partial charge in [-0.05, 0) is 87.4 Å². The Kier molecular flexibility index (Phi) is 19.2. The highest BCUT2D eigenvalue weighted by molar-refractivity contribution is 7.70. The number of thiazole rings is 1. The number of aliphatic hydroxyl groups excluding tert-OH is 1. The highest BCUT2D eigenvalue weighted by Crippen LogP contribution is 2.39. The number of carbonyl (C=O) groups is 3. The van der Waals surface area contributed by atoms with E-state index in [9.17, 15) is 24.1 Å². The number of ether oxygens (including phenoxy) is 1. The minimum Gasteiger partial charge on any atom is -0.494 e. The van der Waals surface area contributed by atoms with E-state index < -0.39 is 30.7 Å². The smallest absolute Gasteiger partial charge is 0.246 e. The Morgan fingerprint density at radius 1 is 0.905 bits per heavy atom. The molecule has 2 aromatic heterocycles. The number of unbranched alkanes of at least 4 members (excludes halogenated alkanes) is 5. The van der Waals surface area contributed by atoms with E-state index in [0.717, 1.165) is 98.6 Å². The molecule has 2 aliphatic heterocycles. The lowest BCUT2D eigenvalue weighted by atomic mass is 9.85. The van der Waals surface area contributed by atoms with Crippen LogP contribution in [0.15, 0.2) is 78.4 Å². The van der Waals surface area contributed by atoms with Gasteiger partial charge in [0.1, 0.15) is 30.0 Å². The average molecular weight is 1070 g/mol. The highest BCUT2D eigenvalue weighted by Gasteiger charge is 2.44. The first-order valence-electron chi connectivity index (χ1n) is 25.7. The standard InChI is InChI=1S/C55H74ClN10O6PS/c1-36(38-20-22-39(23-21-38)49-37(2)58-35-74-49)59-52(69)45-32-41(67)34-66(45)53(70)50(55(3,4)5)62-48(68)19-13-11-9-10-12-16-26-64-27-29-65(30-28-64)40-24-25-43(46(31-40)72-6)61-54-57-33-42(56)51(63-54)60-44-17-14-15-18-47(44)73(7,8)71/h14-15,17-18,20-25,31,33,35-36,41,45,50,67H,9-13,16,19,26-30,32,34H2,1-8H3,(H,59,69)(H,62,68)(H2,57,60,61,63)/t36-,41+,45-,50+/m0/s1. The van der Waals surface area contributed by atoms with Crippen LogP contribution >= 0.6 is 30.1 Å². The van der Waals surface area contributed by atoms with E-state index in [-0.39, 0.29) is 36.7 Å². The van der Waals surface area contributed by atoms with Crippen LogP contribution in [0.4, 0.5) is 28.8 Å². The van der Waals surface area contributed by atoms with Crippen molar-refractivity contribution < 1.29 is 28.8 Å². The molecule has 7 rings (SSSR count). The zero-order valence-corrected chi connectivity index (χ0v) is 46.6. The highest BCUT2D eigenvalue weighted by atomic mass is 35.5. The van der Waals surface area contributed by atoms with Crippen LogP contribution in [0, 0.1) is 12.3 Å². The first-order chi connectivity index (χ1) is 35.3. The molecule has 2 aliphatic rings. The molecule has 5 aromatic rings. The van der Waals surface area contributed by atoms with Crippen molar-refractivity contribution in [3.8, 4) is 16.2 Å². The summed E-state index contributed by atoms with van der Waals surface area (Å²) in [7, 11) is -0.916. The number of piperazine rings is 1. The van der Waals surface area contributed by atoms with Gasteiger partial charge in [-0.2, -0.15) is 4.98 Å². The minimum atomic E-state index is -2.56. The van der Waals surface area contributed by atoms with Gasteiger partial charge in [-0.15, -0.1) is 11.3 Å². The maximum Gasteiger partial charge on any atom is 0.246 e. The van der Waals surface area contributed by atoms with Crippen molar-refractivity contribution in [1.82, 2.24) is 35.4 Å². The normalized spacial score (nSPS) is 17.2. The number of amides is 3. The molecule has 0 unspecified atom stereocenters. The second kappa shape index (κ2) is 25.3. The summed E-state index contributed by atoms with van der Waals surface area (Å²) in [5.41, 5.74) is 6.64. The summed E-state index contributed by atoms with van der Waals surface area (Å²) in [6.07, 6.45) is 7.14. The zero-order chi connectivity index (χ0) is 53.2. The average Bonchev–Trinajstić information content (AvgIpc) is 3.99. The van der Waals surface area contributed by atoms with Crippen LogP contribution in [0.25, 0.3) is 10.4 Å². The number of para-hydroxylation sites is 1. The van der Waals surface area contributed by atoms with Gasteiger partial charge in [-0.3, -0.25) is 19.3 Å². The molecule has 19 heteroatoms. The van der Waals surface area contributed by atoms with Gasteiger partial charge in [0.25, 0.3) is 0 Å². The van der Waals surface area contributed by atoms with Gasteiger partial charge in [-0.25, -0.2) is 9.97 Å². The van der Waals surface area contributed by atoms with Crippen LogP contribution < -0.4 is 36.2 Å². The van der Waals surface area contributed by atoms with Crippen molar-refractivity contribution in [3.05, 3.63) is 94.7 Å². The maximum atomic E-state index is 14.1. The summed E-state index contributed by atoms with van der Waals surface area (Å²) in [5, 5.41) is 24.3. The predicted molar refractivity (Wildman–Crippen MR) is 299 cm³/mol. The van der Waals surface area contributed by atoms with Gasteiger partial charge in [0, 0.05) is 62.6 Å². The largest absolute Gasteiger partial charge is 0.494 e. The number of halogens is 1. The van der Waals surface area contributed by atoms with Gasteiger partial charge in [-0.1, -0.05) is 94.5 Å². The summed E-state index contributed by atoms with van der Waals surface area (Å²) in [6, 6.07) is 19.5. The van der Waals surface area contributed by atoms with E-state index in [4.69, 9.17) is 16.3 Å². The summed E-state index contributed by atoms with van der Waals surface area (Å²) in [4.78, 5) is 62.0. The number of methoxy groups -OCH3 is 1. The minimum absolute atomic E-state index is 0.0309. The number of anilines is 5. The molecule has 0 saturated carbocycles. The molecule has 74 heavy (non-hydrogen) atoms. The van der Waals surface area contributed by atoms with E-state index in [1.54, 1.807) is 31.8 Å². The second-order valence-electron chi connectivity index (χ2n) is 21.0. The van der Waals surface area contributed by atoms with Crippen molar-refractivity contribution >= 4 is 81.9 Å². The van der Waals surface area contributed by atoms with E-state index in [1.807, 2.05) is 101 Å². The van der Waals surface area contributed by atoms with Crippen molar-refractivity contribution in [2.45, 2.75) is 110 Å². The van der Waals surface area contributed by atoms with Crippen LogP contribution in [-0.2, 0) is 18.9 Å². The van der Waals surface area contributed by atoms with Gasteiger partial charge in [0.2, 0.25) is 23.7 Å². The predicted octanol–water partition coefficient (Wildman–Crippen LogP) is 9.53. The third-order valence-corrected chi connectivity index (χ3v) is 16.6. The molecular weight excluding hydrogens is 995 g/mol. The number of likely N-dealkylation sites (tertiary alicyclic amines) is 1. The number of hydrogen-bond acceptors (Lipinski definition) is 14. The lowest BCUT2D eigenvalue weighted by Gasteiger charge is -2.36. The number of benzene rings is 3. The second-order valence-corrected chi connectivity index (χ2v) is 25.4. The molecule has 5 N–H and O–H groups in total. The molecule has 3 aromatic carbocycles. The fraction of sp³-hybridized carbons (Fsp3) is 0.491. The van der Waals surface area contributed by atoms with Gasteiger partial charge in [0.05, 0.1) is 52.9 Å². The fourth-order valence-electron chi connectivity index (χ4n) is 9.60. The number of aromatic nitrogens is 3. The topological polar surface area (TPSA) is 194 Å². The molecule has 0 aliphatic carbocycles. The molecule has 0 radical (unpaired) electrons. The maximum absolute atomic E-state index is 14.1. The quantitative estimate of drug-likeness (QED) is 0.0325. The van der Waals surface area contributed by atoms with Gasteiger partial charge in [0.15, 0.2) is 5.82 Å². The molecule has 2 saturated heterocycles. The van der Waals surface area contributed by atoms with Crippen molar-refractivity contribution in [1.29, 1.82) is 0 Å². The third kappa shape index (κ3) is 14.8. The number of rotatable bonds is 22. The Labute approximate surface area is 445 Å². The van der Waals surface area contributed by atoms with E-state index in [1.165, 1.54) is 11.1 Å². The summed E-state index contributed by atoms with van der Waals surface area (Å²) in [6.45, 7) is 17.9. The van der Waals surface area contributed by atoms with Crippen LogP contribution in [0.2, 0.25) is 5.02 Å². The monoisotopic (exact) mass is 1070 g/mol. The molecule has 16 nitrogen and oxygen atoms in total. The fourth-order valence-corrected chi connectivity index (χ4v) is 11.7. The number of hydrogen-bond donors (Lipinski definition) is 5. The molecule has 3 amide bonds. The molecule has 398 valence electrons. The Bertz CT molecular complexity index is 2760. The molecule has 4 heterocycles. The lowest BCUT2D eigenvalue weighted by Crippen LogP contribution is -2.57. The van der Waals surface area contributed by atoms with Gasteiger partial charge >= 0.3 is 0 Å². The zero-order valence-electron chi connectivity index (χ0n) is 44.1. The van der Waals surface area contributed by atoms with Crippen LogP contribution in [0.1, 0.15) is 96.4 Å². The molecule has 2 fully saturated rings. The Morgan fingerprint density at radius 2 is 1.61 bits per heavy atom. The van der Waals surface area contributed by atoms with Crippen LogP contribution in [0.3, 0.4) is 0 Å². The number of carbonyl (C=O) groups excluding carboxylic acids is 3. The summed E-state index contributed by atoms with van der Waals surface area (Å²) < 4.78 is 18.7. The number of nitrogens with one attached hydrogen (secondary N) is 4. The third-order valence-electron chi connectivity index (χ3n) is 13.8. The summed E-state index contributed by atoms with van der Waals surface area (Å²) in [5.74, 6) is 0.518. The number of β-amino-alcohol motifs (C(OH)–C–C–N with tert-alkyl or cyclic N) is 1. The first-order valence-corrected chi connectivity index (χ1v) is 29.6. The molecular formula is C55H74ClN10O6PS. The van der Waals surface area contributed by atoms with E-state index >= 15 is 0 Å². The Hall–Kier alpha value is -5.58. The lowest BCUT2D eigenvalue weighted by molar-refractivity contribution is -0.144. The first kappa shape index (κ1) is 56.2. The van der Waals surface area contributed by atoms with Gasteiger partial charge < -0.3 is 45.5 Å². The van der Waals surface area contributed by atoms with E-state index in [2.05, 4.69) is 52.1 Å². The molecule has 0 bridgehead atoms. The SMILES string of the molecule is COc1cc(N2CCN(CCCCCCCCC(=O)N[C@H](C(=O)N3C[C@H](O)C[C@H]3C(=O)N[C@@H](C)c3ccc(-c4scnc4C)cc3)C(C)(C)C)CC2)ccc1Nc1ncc(Cl)c(Nc2ccccc2P(C)(C)=O)n1. The molecule has 0 spiro atoms. The Morgan fingerprint density at radius 3 is 2.28 bits per heavy atom. The van der Waals surface area contributed by atoms with Crippen molar-refractivity contribution in [2.24, 2.45) is 5.41 Å². The summed E-state index contributed by atoms with van der Waals surface area (Å²) >= 11 is 8.08.